The maximum absolute atomic E-state index is 11.6. The molecule has 1 aromatic heterocycles. The summed E-state index contributed by atoms with van der Waals surface area (Å²) in [4.78, 5) is 26.5. The van der Waals surface area contributed by atoms with Crippen LogP contribution in [0.2, 0.25) is 0 Å². The Morgan fingerprint density at radius 1 is 1.42 bits per heavy atom. The number of nitrogens with zero attached hydrogens (tertiary/aromatic N) is 1. The lowest BCUT2D eigenvalue weighted by molar-refractivity contribution is -0.141. The van der Waals surface area contributed by atoms with Gasteiger partial charge in [-0.2, -0.15) is 0 Å². The molecular weight excluding hydrogens is 246 g/mol. The number of carboxylic acid groups (broad SMARTS) is 1. The van der Waals surface area contributed by atoms with Crippen LogP contribution in [0.4, 0.5) is 5.69 Å². The van der Waals surface area contributed by atoms with E-state index in [2.05, 4.69) is 15.6 Å². The van der Waals surface area contributed by atoms with Crippen molar-refractivity contribution in [3.8, 4) is 0 Å². The standard InChI is InChI=1S/C13H19N3O3/c1-3-9(13(18)19)8-16-10-5-6-15-11(7-10)12(17)14-4-2/h5-7,9H,3-4,8H2,1-2H3,(H,14,17)(H,15,16)(H,18,19). The van der Waals surface area contributed by atoms with Crippen LogP contribution in [0.25, 0.3) is 0 Å². The van der Waals surface area contributed by atoms with Gasteiger partial charge in [0, 0.05) is 25.0 Å². The van der Waals surface area contributed by atoms with Gasteiger partial charge in [0.15, 0.2) is 0 Å². The molecule has 6 heteroatoms. The Labute approximate surface area is 112 Å². The second-order valence-corrected chi connectivity index (χ2v) is 4.11. The summed E-state index contributed by atoms with van der Waals surface area (Å²) in [5.41, 5.74) is 1.01. The Balaban J connectivity index is 2.67. The third-order valence-electron chi connectivity index (χ3n) is 2.72. The third-order valence-corrected chi connectivity index (χ3v) is 2.72. The Kier molecular flexibility index (Phi) is 5.78. The zero-order valence-electron chi connectivity index (χ0n) is 11.1. The van der Waals surface area contributed by atoms with E-state index in [1.54, 1.807) is 12.1 Å². The molecule has 6 nitrogen and oxygen atoms in total. The van der Waals surface area contributed by atoms with E-state index < -0.39 is 11.9 Å². The average molecular weight is 265 g/mol. The molecule has 0 saturated heterocycles. The minimum atomic E-state index is -0.826. The molecule has 0 aliphatic heterocycles. The van der Waals surface area contributed by atoms with Gasteiger partial charge in [-0.3, -0.25) is 14.6 Å². The summed E-state index contributed by atoms with van der Waals surface area (Å²) >= 11 is 0. The van der Waals surface area contributed by atoms with Gasteiger partial charge in [-0.25, -0.2) is 0 Å². The second-order valence-electron chi connectivity index (χ2n) is 4.11. The molecule has 0 aliphatic carbocycles. The second kappa shape index (κ2) is 7.35. The fourth-order valence-electron chi connectivity index (χ4n) is 1.56. The molecule has 0 aromatic carbocycles. The Hall–Kier alpha value is -2.11. The van der Waals surface area contributed by atoms with Crippen LogP contribution in [0.3, 0.4) is 0 Å². The molecule has 1 unspecified atom stereocenters. The molecular formula is C13H19N3O3. The molecule has 0 radical (unpaired) electrons. The van der Waals surface area contributed by atoms with Gasteiger partial charge in [-0.15, -0.1) is 0 Å². The highest BCUT2D eigenvalue weighted by Crippen LogP contribution is 2.10. The van der Waals surface area contributed by atoms with Gasteiger partial charge >= 0.3 is 5.97 Å². The maximum atomic E-state index is 11.6. The van der Waals surface area contributed by atoms with Crippen LogP contribution < -0.4 is 10.6 Å². The van der Waals surface area contributed by atoms with E-state index in [1.165, 1.54) is 6.20 Å². The van der Waals surface area contributed by atoms with E-state index in [4.69, 9.17) is 5.11 Å². The molecule has 1 amide bonds. The first kappa shape index (κ1) is 14.9. The highest BCUT2D eigenvalue weighted by atomic mass is 16.4. The van der Waals surface area contributed by atoms with Crippen LogP contribution in [-0.2, 0) is 4.79 Å². The lowest BCUT2D eigenvalue weighted by Crippen LogP contribution is -2.24. The van der Waals surface area contributed by atoms with Crippen molar-refractivity contribution in [3.05, 3.63) is 24.0 Å². The number of hydrogen-bond acceptors (Lipinski definition) is 4. The van der Waals surface area contributed by atoms with Gasteiger partial charge in [0.1, 0.15) is 5.69 Å². The van der Waals surface area contributed by atoms with Gasteiger partial charge in [0.05, 0.1) is 5.92 Å². The highest BCUT2D eigenvalue weighted by Gasteiger charge is 2.14. The normalized spacial score (nSPS) is 11.7. The summed E-state index contributed by atoms with van der Waals surface area (Å²) in [6, 6.07) is 3.32. The zero-order valence-corrected chi connectivity index (χ0v) is 11.1. The zero-order chi connectivity index (χ0) is 14.3. The van der Waals surface area contributed by atoms with Crippen LogP contribution in [0, 0.1) is 5.92 Å². The van der Waals surface area contributed by atoms with Crippen molar-refractivity contribution in [3.63, 3.8) is 0 Å². The molecule has 104 valence electrons. The van der Waals surface area contributed by atoms with Crippen LogP contribution in [0.15, 0.2) is 18.3 Å². The van der Waals surface area contributed by atoms with E-state index >= 15 is 0 Å². The number of hydrogen-bond donors (Lipinski definition) is 3. The molecule has 19 heavy (non-hydrogen) atoms. The van der Waals surface area contributed by atoms with Crippen molar-refractivity contribution >= 4 is 17.6 Å². The van der Waals surface area contributed by atoms with Crippen molar-refractivity contribution in [2.45, 2.75) is 20.3 Å². The predicted octanol–water partition coefficient (Wildman–Crippen LogP) is 1.35. The van der Waals surface area contributed by atoms with Gasteiger partial charge < -0.3 is 15.7 Å². The average Bonchev–Trinajstić information content (AvgIpc) is 2.39. The number of carbonyl (C=O) groups excluding carboxylic acids is 1. The Bertz CT molecular complexity index is 449. The number of aromatic nitrogens is 1. The summed E-state index contributed by atoms with van der Waals surface area (Å²) in [6.45, 7) is 4.52. The molecule has 1 aromatic rings. The Morgan fingerprint density at radius 3 is 2.74 bits per heavy atom. The fraction of sp³-hybridized carbons (Fsp3) is 0.462. The first-order chi connectivity index (χ1) is 9.08. The van der Waals surface area contributed by atoms with Crippen LogP contribution >= 0.6 is 0 Å². The minimum absolute atomic E-state index is 0.239. The lowest BCUT2D eigenvalue weighted by atomic mass is 10.1. The molecule has 0 spiro atoms. The summed E-state index contributed by atoms with van der Waals surface area (Å²) in [6.07, 6.45) is 2.07. The van der Waals surface area contributed by atoms with Crippen LogP contribution in [0.1, 0.15) is 30.8 Å². The highest BCUT2D eigenvalue weighted by molar-refractivity contribution is 5.93. The first-order valence-electron chi connectivity index (χ1n) is 6.29. The van der Waals surface area contributed by atoms with Gasteiger partial charge in [0.2, 0.25) is 0 Å². The smallest absolute Gasteiger partial charge is 0.308 e. The number of rotatable bonds is 7. The number of nitrogens with one attached hydrogen (secondary N) is 2. The van der Waals surface area contributed by atoms with E-state index in [0.29, 0.717) is 30.9 Å². The van der Waals surface area contributed by atoms with Crippen LogP contribution in [-0.4, -0.2) is 35.1 Å². The minimum Gasteiger partial charge on any atom is -0.481 e. The van der Waals surface area contributed by atoms with Crippen molar-refractivity contribution in [1.82, 2.24) is 10.3 Å². The van der Waals surface area contributed by atoms with Crippen LogP contribution in [0.5, 0.6) is 0 Å². The molecule has 1 heterocycles. The van der Waals surface area contributed by atoms with Crippen molar-refractivity contribution in [1.29, 1.82) is 0 Å². The topological polar surface area (TPSA) is 91.3 Å². The number of aliphatic carboxylic acids is 1. The quantitative estimate of drug-likeness (QED) is 0.692. The van der Waals surface area contributed by atoms with E-state index in [1.807, 2.05) is 13.8 Å². The summed E-state index contributed by atoms with van der Waals surface area (Å²) in [5.74, 6) is -1.51. The van der Waals surface area contributed by atoms with Gasteiger partial charge in [0.25, 0.3) is 5.91 Å². The number of anilines is 1. The summed E-state index contributed by atoms with van der Waals surface area (Å²) < 4.78 is 0. The maximum Gasteiger partial charge on any atom is 0.308 e. The monoisotopic (exact) mass is 265 g/mol. The number of carboxylic acids is 1. The Morgan fingerprint density at radius 2 is 2.16 bits per heavy atom. The fourth-order valence-corrected chi connectivity index (χ4v) is 1.56. The molecule has 1 rings (SSSR count). The SMILES string of the molecule is CCNC(=O)c1cc(NCC(CC)C(=O)O)ccn1. The number of carbonyl (C=O) groups is 2. The number of amides is 1. The van der Waals surface area contributed by atoms with E-state index in [9.17, 15) is 9.59 Å². The molecule has 3 N–H and O–H groups in total. The lowest BCUT2D eigenvalue weighted by Gasteiger charge is -2.12. The predicted molar refractivity (Wildman–Crippen MR) is 72.2 cm³/mol. The summed E-state index contributed by atoms with van der Waals surface area (Å²) in [7, 11) is 0. The van der Waals surface area contributed by atoms with Gasteiger partial charge in [-0.1, -0.05) is 6.92 Å². The van der Waals surface area contributed by atoms with E-state index in [0.717, 1.165) is 0 Å². The molecule has 0 saturated carbocycles. The molecule has 0 bridgehead atoms. The van der Waals surface area contributed by atoms with Crippen molar-refractivity contribution in [2.75, 3.05) is 18.4 Å². The van der Waals surface area contributed by atoms with Crippen molar-refractivity contribution in [2.24, 2.45) is 5.92 Å². The molecule has 0 fully saturated rings. The summed E-state index contributed by atoms with van der Waals surface area (Å²) in [5, 5.41) is 14.6. The number of pyridine rings is 1. The molecule has 1 atom stereocenters. The third kappa shape index (κ3) is 4.57. The first-order valence-corrected chi connectivity index (χ1v) is 6.29. The van der Waals surface area contributed by atoms with E-state index in [-0.39, 0.29) is 5.91 Å². The molecule has 0 aliphatic rings. The van der Waals surface area contributed by atoms with Gasteiger partial charge in [-0.05, 0) is 25.5 Å². The van der Waals surface area contributed by atoms with Crippen molar-refractivity contribution < 1.29 is 14.7 Å². The largest absolute Gasteiger partial charge is 0.481 e.